The number of hydrogen-bond acceptors (Lipinski definition) is 4. The van der Waals surface area contributed by atoms with E-state index in [0.29, 0.717) is 32.0 Å². The van der Waals surface area contributed by atoms with Gasteiger partial charge in [0, 0.05) is 51.0 Å². The zero-order valence-electron chi connectivity index (χ0n) is 15.8. The van der Waals surface area contributed by atoms with Crippen molar-refractivity contribution in [3.63, 3.8) is 0 Å². The van der Waals surface area contributed by atoms with Crippen LogP contribution in [0.2, 0.25) is 0 Å². The number of nitrogens with zero attached hydrogens (tertiary/aromatic N) is 3. The van der Waals surface area contributed by atoms with E-state index in [1.165, 1.54) is 0 Å². The number of amides is 1. The van der Waals surface area contributed by atoms with Gasteiger partial charge in [0.05, 0.1) is 0 Å². The van der Waals surface area contributed by atoms with E-state index in [9.17, 15) is 13.2 Å². The van der Waals surface area contributed by atoms with Crippen molar-refractivity contribution in [2.24, 2.45) is 5.92 Å². The van der Waals surface area contributed by atoms with Crippen molar-refractivity contribution < 1.29 is 13.2 Å². The van der Waals surface area contributed by atoms with Crippen LogP contribution >= 0.6 is 0 Å². The largest absolute Gasteiger partial charge is 0.356 e. The summed E-state index contributed by atoms with van der Waals surface area (Å²) in [6.07, 6.45) is 10.5. The maximum Gasteiger partial charge on any atom is 0.279 e. The van der Waals surface area contributed by atoms with Crippen LogP contribution in [-0.2, 0) is 21.5 Å². The minimum absolute atomic E-state index is 0.0222. The van der Waals surface area contributed by atoms with Gasteiger partial charge in [-0.25, -0.2) is 0 Å². The third-order valence-corrected chi connectivity index (χ3v) is 7.12. The SMILES string of the molecule is O=C(CCCn1cccn1)NC[C@@H]1CCC[C@H](NS(=O)(=O)N2CCCC2)C1. The summed E-state index contributed by atoms with van der Waals surface area (Å²) in [6.45, 7) is 2.62. The fourth-order valence-electron chi connectivity index (χ4n) is 3.98. The Hall–Kier alpha value is -1.45. The topological polar surface area (TPSA) is 96.3 Å². The van der Waals surface area contributed by atoms with Crippen LogP contribution in [-0.4, -0.2) is 54.1 Å². The average molecular weight is 398 g/mol. The second kappa shape index (κ2) is 9.66. The second-order valence-corrected chi connectivity index (χ2v) is 9.34. The number of carbonyl (C=O) groups excluding carboxylic acids is 1. The van der Waals surface area contributed by atoms with Crippen molar-refractivity contribution in [1.82, 2.24) is 24.1 Å². The Bertz CT molecular complexity index is 686. The summed E-state index contributed by atoms with van der Waals surface area (Å²) in [6, 6.07) is 1.85. The van der Waals surface area contributed by atoms with Gasteiger partial charge in [0.15, 0.2) is 0 Å². The monoisotopic (exact) mass is 397 g/mol. The standard InChI is InChI=1S/C18H31N5O3S/c24-18(8-4-10-22-11-5-9-20-22)19-15-16-6-3-7-17(14-16)21-27(25,26)23-12-1-2-13-23/h5,9,11,16-17,21H,1-4,6-8,10,12-15H2,(H,19,24)/t16-,17+/m1/s1. The Morgan fingerprint density at radius 1 is 1.19 bits per heavy atom. The first kappa shape index (κ1) is 20.3. The van der Waals surface area contributed by atoms with E-state index in [1.807, 2.05) is 16.9 Å². The first-order valence-electron chi connectivity index (χ1n) is 10.0. The van der Waals surface area contributed by atoms with Crippen molar-refractivity contribution in [3.8, 4) is 0 Å². The summed E-state index contributed by atoms with van der Waals surface area (Å²) in [5, 5.41) is 7.14. The first-order chi connectivity index (χ1) is 13.0. The van der Waals surface area contributed by atoms with Gasteiger partial charge in [-0.05, 0) is 50.5 Å². The van der Waals surface area contributed by atoms with E-state index in [2.05, 4.69) is 15.1 Å². The molecule has 3 rings (SSSR count). The molecular weight excluding hydrogens is 366 g/mol. The predicted octanol–water partition coefficient (Wildman–Crippen LogP) is 1.27. The van der Waals surface area contributed by atoms with Gasteiger partial charge in [-0.1, -0.05) is 6.42 Å². The van der Waals surface area contributed by atoms with Gasteiger partial charge >= 0.3 is 0 Å². The van der Waals surface area contributed by atoms with E-state index < -0.39 is 10.2 Å². The van der Waals surface area contributed by atoms with Gasteiger partial charge < -0.3 is 5.32 Å². The van der Waals surface area contributed by atoms with Crippen LogP contribution in [0.5, 0.6) is 0 Å². The molecule has 152 valence electrons. The number of aryl methyl sites for hydroxylation is 1. The Morgan fingerprint density at radius 3 is 2.74 bits per heavy atom. The molecule has 1 saturated carbocycles. The fourth-order valence-corrected chi connectivity index (χ4v) is 5.50. The van der Waals surface area contributed by atoms with Gasteiger partial charge in [-0.2, -0.15) is 22.5 Å². The second-order valence-electron chi connectivity index (χ2n) is 7.64. The molecular formula is C18H31N5O3S. The lowest BCUT2D eigenvalue weighted by atomic mass is 9.86. The van der Waals surface area contributed by atoms with Gasteiger partial charge in [0.25, 0.3) is 10.2 Å². The van der Waals surface area contributed by atoms with E-state index in [1.54, 1.807) is 10.5 Å². The Labute approximate surface area is 161 Å². The molecule has 1 aromatic heterocycles. The van der Waals surface area contributed by atoms with Crippen LogP contribution < -0.4 is 10.0 Å². The van der Waals surface area contributed by atoms with Crippen molar-refractivity contribution in [2.45, 2.75) is 64.0 Å². The smallest absolute Gasteiger partial charge is 0.279 e. The zero-order valence-corrected chi connectivity index (χ0v) is 16.7. The lowest BCUT2D eigenvalue weighted by molar-refractivity contribution is -0.121. The number of hydrogen-bond donors (Lipinski definition) is 2. The molecule has 9 heteroatoms. The molecule has 0 bridgehead atoms. The predicted molar refractivity (Wildman–Crippen MR) is 103 cm³/mol. The highest BCUT2D eigenvalue weighted by Gasteiger charge is 2.30. The number of aromatic nitrogens is 2. The molecule has 27 heavy (non-hydrogen) atoms. The van der Waals surface area contributed by atoms with E-state index in [0.717, 1.165) is 51.5 Å². The van der Waals surface area contributed by atoms with Gasteiger partial charge in [-0.15, -0.1) is 0 Å². The number of carbonyl (C=O) groups is 1. The number of nitrogens with one attached hydrogen (secondary N) is 2. The maximum atomic E-state index is 12.4. The molecule has 1 saturated heterocycles. The molecule has 2 atom stereocenters. The number of rotatable bonds is 9. The summed E-state index contributed by atoms with van der Waals surface area (Å²) in [4.78, 5) is 12.0. The Morgan fingerprint density at radius 2 is 2.00 bits per heavy atom. The van der Waals surface area contributed by atoms with Crippen molar-refractivity contribution in [2.75, 3.05) is 19.6 Å². The van der Waals surface area contributed by atoms with Crippen LogP contribution in [0.25, 0.3) is 0 Å². The van der Waals surface area contributed by atoms with Crippen LogP contribution in [0.15, 0.2) is 18.5 Å². The Kier molecular flexibility index (Phi) is 7.26. The molecule has 1 aliphatic carbocycles. The molecule has 1 aliphatic heterocycles. The van der Waals surface area contributed by atoms with E-state index in [4.69, 9.17) is 0 Å². The highest BCUT2D eigenvalue weighted by molar-refractivity contribution is 7.87. The van der Waals surface area contributed by atoms with Gasteiger partial charge in [0.1, 0.15) is 0 Å². The van der Waals surface area contributed by atoms with E-state index in [-0.39, 0.29) is 11.9 Å². The molecule has 8 nitrogen and oxygen atoms in total. The molecule has 0 aromatic carbocycles. The van der Waals surface area contributed by atoms with Gasteiger partial charge in [-0.3, -0.25) is 9.48 Å². The highest BCUT2D eigenvalue weighted by Crippen LogP contribution is 2.25. The van der Waals surface area contributed by atoms with Gasteiger partial charge in [0.2, 0.25) is 5.91 Å². The fraction of sp³-hybridized carbons (Fsp3) is 0.778. The summed E-state index contributed by atoms with van der Waals surface area (Å²) in [7, 11) is -3.36. The lowest BCUT2D eigenvalue weighted by Gasteiger charge is -2.31. The third-order valence-electron chi connectivity index (χ3n) is 5.44. The molecule has 1 aromatic rings. The molecule has 0 spiro atoms. The van der Waals surface area contributed by atoms with Crippen LogP contribution in [0.3, 0.4) is 0 Å². The van der Waals surface area contributed by atoms with Crippen LogP contribution in [0, 0.1) is 5.92 Å². The molecule has 0 radical (unpaired) electrons. The summed E-state index contributed by atoms with van der Waals surface area (Å²) < 4.78 is 31.1. The molecule has 2 N–H and O–H groups in total. The summed E-state index contributed by atoms with van der Waals surface area (Å²) in [5.74, 6) is 0.391. The lowest BCUT2D eigenvalue weighted by Crippen LogP contribution is -2.46. The average Bonchev–Trinajstić information content (AvgIpc) is 3.34. The molecule has 2 aliphatic rings. The van der Waals surface area contributed by atoms with E-state index >= 15 is 0 Å². The zero-order chi connectivity index (χ0) is 19.1. The molecule has 0 unspecified atom stereocenters. The van der Waals surface area contributed by atoms with Crippen molar-refractivity contribution >= 4 is 16.1 Å². The van der Waals surface area contributed by atoms with Crippen LogP contribution in [0.1, 0.15) is 51.4 Å². The minimum atomic E-state index is -3.36. The third kappa shape index (κ3) is 6.29. The van der Waals surface area contributed by atoms with Crippen molar-refractivity contribution in [3.05, 3.63) is 18.5 Å². The maximum absolute atomic E-state index is 12.4. The summed E-state index contributed by atoms with van der Waals surface area (Å²) in [5.41, 5.74) is 0. The minimum Gasteiger partial charge on any atom is -0.356 e. The Balaban J connectivity index is 1.36. The first-order valence-corrected chi connectivity index (χ1v) is 11.5. The van der Waals surface area contributed by atoms with Crippen molar-refractivity contribution in [1.29, 1.82) is 0 Å². The molecule has 2 fully saturated rings. The molecule has 1 amide bonds. The normalized spacial score (nSPS) is 24.1. The van der Waals surface area contributed by atoms with Crippen LogP contribution in [0.4, 0.5) is 0 Å². The molecule has 2 heterocycles. The summed E-state index contributed by atoms with van der Waals surface area (Å²) >= 11 is 0. The highest BCUT2D eigenvalue weighted by atomic mass is 32.2. The quantitative estimate of drug-likeness (QED) is 0.656.